The van der Waals surface area contributed by atoms with Crippen LogP contribution in [0.5, 0.6) is 0 Å². The molecule has 2 amide bonds. The van der Waals surface area contributed by atoms with Crippen LogP contribution in [0.1, 0.15) is 17.0 Å². The molecule has 9 heteroatoms. The summed E-state index contributed by atoms with van der Waals surface area (Å²) in [5, 5.41) is 7.33. The summed E-state index contributed by atoms with van der Waals surface area (Å²) in [6, 6.07) is 7.18. The van der Waals surface area contributed by atoms with Crippen LogP contribution in [0.4, 0.5) is 0 Å². The summed E-state index contributed by atoms with van der Waals surface area (Å²) in [4.78, 5) is 23.2. The van der Waals surface area contributed by atoms with Crippen molar-refractivity contribution >= 4 is 41.2 Å². The molecule has 0 atom stereocenters. The van der Waals surface area contributed by atoms with E-state index < -0.39 is 11.8 Å². The van der Waals surface area contributed by atoms with Crippen LogP contribution in [0.2, 0.25) is 10.0 Å². The summed E-state index contributed by atoms with van der Waals surface area (Å²) in [7, 11) is 1.50. The first-order chi connectivity index (χ1) is 12.8. The number of hydrogen-bond acceptors (Lipinski definition) is 4. The van der Waals surface area contributed by atoms with Gasteiger partial charge in [0.15, 0.2) is 0 Å². The van der Waals surface area contributed by atoms with Gasteiger partial charge < -0.3 is 14.6 Å². The van der Waals surface area contributed by atoms with Crippen LogP contribution in [0.15, 0.2) is 29.4 Å². The molecule has 7 nitrogen and oxygen atoms in total. The van der Waals surface area contributed by atoms with Gasteiger partial charge >= 0.3 is 11.8 Å². The van der Waals surface area contributed by atoms with Gasteiger partial charge in [0.1, 0.15) is 0 Å². The third-order valence-corrected chi connectivity index (χ3v) is 4.18. The number of hydrogen-bond donors (Lipinski definition) is 2. The zero-order valence-corrected chi connectivity index (χ0v) is 16.7. The highest BCUT2D eigenvalue weighted by molar-refractivity contribution is 6.35. The van der Waals surface area contributed by atoms with Gasteiger partial charge in [-0.25, -0.2) is 5.43 Å². The van der Waals surface area contributed by atoms with Gasteiger partial charge in [0.05, 0.1) is 12.8 Å². The molecule has 0 saturated carbocycles. The Morgan fingerprint density at radius 3 is 2.44 bits per heavy atom. The largest absolute Gasteiger partial charge is 0.383 e. The molecule has 0 aliphatic rings. The fourth-order valence-corrected chi connectivity index (χ4v) is 3.06. The molecular formula is C18H20Cl2N4O3. The molecular weight excluding hydrogens is 391 g/mol. The molecule has 0 aliphatic heterocycles. The topological polar surface area (TPSA) is 84.7 Å². The van der Waals surface area contributed by atoms with Gasteiger partial charge in [0, 0.05) is 46.3 Å². The van der Waals surface area contributed by atoms with E-state index in [9.17, 15) is 9.59 Å². The Morgan fingerprint density at radius 1 is 1.15 bits per heavy atom. The maximum Gasteiger partial charge on any atom is 0.329 e. The van der Waals surface area contributed by atoms with E-state index in [1.165, 1.54) is 13.3 Å². The van der Waals surface area contributed by atoms with E-state index in [1.54, 1.807) is 18.2 Å². The lowest BCUT2D eigenvalue weighted by Crippen LogP contribution is -2.39. The zero-order valence-electron chi connectivity index (χ0n) is 15.2. The second kappa shape index (κ2) is 9.55. The maximum absolute atomic E-state index is 11.7. The highest BCUT2D eigenvalue weighted by Crippen LogP contribution is 2.25. The molecule has 2 N–H and O–H groups in total. The minimum absolute atomic E-state index is 0.246. The van der Waals surface area contributed by atoms with Gasteiger partial charge in [-0.05, 0) is 38.1 Å². The summed E-state index contributed by atoms with van der Waals surface area (Å²) in [5.74, 6) is -1.62. The Morgan fingerprint density at radius 2 is 1.81 bits per heavy atom. The maximum atomic E-state index is 11.7. The lowest BCUT2D eigenvalue weighted by atomic mass is 10.2. The molecule has 2 rings (SSSR count). The van der Waals surface area contributed by atoms with Crippen LogP contribution < -0.4 is 10.7 Å². The Hall–Kier alpha value is -2.35. The van der Waals surface area contributed by atoms with Crippen molar-refractivity contribution in [1.82, 2.24) is 15.3 Å². The average Bonchev–Trinajstić information content (AvgIpc) is 2.87. The second-order valence-electron chi connectivity index (χ2n) is 5.74. The Kier molecular flexibility index (Phi) is 7.41. The molecule has 27 heavy (non-hydrogen) atoms. The number of rotatable bonds is 6. The number of hydrazone groups is 1. The summed E-state index contributed by atoms with van der Waals surface area (Å²) < 4.78 is 6.76. The van der Waals surface area contributed by atoms with E-state index in [4.69, 9.17) is 27.9 Å². The van der Waals surface area contributed by atoms with E-state index in [0.717, 1.165) is 22.6 Å². The summed E-state index contributed by atoms with van der Waals surface area (Å²) in [5.41, 5.74) is 5.63. The van der Waals surface area contributed by atoms with Crippen molar-refractivity contribution in [1.29, 1.82) is 0 Å². The first-order valence-corrected chi connectivity index (χ1v) is 8.84. The molecule has 2 aromatic rings. The third-order valence-electron chi connectivity index (χ3n) is 3.74. The number of methoxy groups -OCH3 is 1. The number of aryl methyl sites for hydroxylation is 1. The highest BCUT2D eigenvalue weighted by atomic mass is 35.5. The third kappa shape index (κ3) is 5.56. The fraction of sp³-hybridized carbons (Fsp3) is 0.278. The van der Waals surface area contributed by atoms with Crippen LogP contribution in [-0.2, 0) is 14.3 Å². The number of ether oxygens (including phenoxy) is 1. The molecule has 0 saturated heterocycles. The van der Waals surface area contributed by atoms with Gasteiger partial charge in [0.25, 0.3) is 0 Å². The van der Waals surface area contributed by atoms with E-state index >= 15 is 0 Å². The number of amides is 2. The highest BCUT2D eigenvalue weighted by Gasteiger charge is 2.13. The number of halogens is 2. The summed E-state index contributed by atoms with van der Waals surface area (Å²) in [6.45, 7) is 4.40. The van der Waals surface area contributed by atoms with E-state index in [-0.39, 0.29) is 6.54 Å². The van der Waals surface area contributed by atoms with E-state index in [0.29, 0.717) is 16.7 Å². The Bertz CT molecular complexity index is 857. The number of nitrogens with one attached hydrogen (secondary N) is 2. The van der Waals surface area contributed by atoms with Crippen LogP contribution >= 0.6 is 23.2 Å². The van der Waals surface area contributed by atoms with Crippen molar-refractivity contribution in [2.75, 3.05) is 20.3 Å². The smallest absolute Gasteiger partial charge is 0.329 e. The predicted octanol–water partition coefficient (Wildman–Crippen LogP) is 2.61. The van der Waals surface area contributed by atoms with E-state index in [1.807, 2.05) is 24.5 Å². The second-order valence-corrected chi connectivity index (χ2v) is 6.61. The lowest BCUT2D eigenvalue weighted by Gasteiger charge is -2.10. The van der Waals surface area contributed by atoms with Crippen molar-refractivity contribution in [3.05, 3.63) is 51.3 Å². The van der Waals surface area contributed by atoms with Crippen LogP contribution in [0.3, 0.4) is 0 Å². The monoisotopic (exact) mass is 410 g/mol. The molecule has 1 heterocycles. The predicted molar refractivity (Wildman–Crippen MR) is 106 cm³/mol. The van der Waals surface area contributed by atoms with Crippen molar-refractivity contribution in [2.24, 2.45) is 5.10 Å². The molecule has 0 fully saturated rings. The molecule has 0 bridgehead atoms. The summed E-state index contributed by atoms with van der Waals surface area (Å²) in [6.07, 6.45) is 1.48. The Labute approximate surface area is 167 Å². The van der Waals surface area contributed by atoms with Crippen LogP contribution in [0, 0.1) is 13.8 Å². The quantitative estimate of drug-likeness (QED) is 0.332. The van der Waals surface area contributed by atoms with Crippen molar-refractivity contribution in [2.45, 2.75) is 13.8 Å². The average molecular weight is 411 g/mol. The molecule has 0 aliphatic carbocycles. The number of benzene rings is 1. The van der Waals surface area contributed by atoms with Crippen LogP contribution in [-0.4, -0.2) is 42.9 Å². The molecule has 144 valence electrons. The number of nitrogens with zero attached hydrogens (tertiary/aromatic N) is 2. The SMILES string of the molecule is COCCNC(=O)C(=O)N/N=C\c1cc(C)n(-c2cc(Cl)cc(Cl)c2)c1C. The molecule has 0 unspecified atom stereocenters. The standard InChI is InChI=1S/C18H20Cl2N4O3/c1-11-6-13(10-22-23-18(26)17(25)21-4-5-27-3)12(2)24(11)16-8-14(19)7-15(20)9-16/h6-10H,4-5H2,1-3H3,(H,21,25)(H,23,26)/b22-10-. The number of aromatic nitrogens is 1. The molecule has 0 radical (unpaired) electrons. The summed E-state index contributed by atoms with van der Waals surface area (Å²) >= 11 is 12.2. The minimum Gasteiger partial charge on any atom is -0.383 e. The first-order valence-electron chi connectivity index (χ1n) is 8.09. The number of carbonyl (C=O) groups excluding carboxylic acids is 2. The van der Waals surface area contributed by atoms with Gasteiger partial charge in [-0.3, -0.25) is 9.59 Å². The lowest BCUT2D eigenvalue weighted by molar-refractivity contribution is -0.139. The molecule has 1 aromatic heterocycles. The minimum atomic E-state index is -0.849. The normalized spacial score (nSPS) is 11.0. The van der Waals surface area contributed by atoms with Gasteiger partial charge in [-0.1, -0.05) is 23.2 Å². The fourth-order valence-electron chi connectivity index (χ4n) is 2.54. The zero-order chi connectivity index (χ0) is 20.0. The number of carbonyl (C=O) groups is 2. The van der Waals surface area contributed by atoms with Crippen molar-refractivity contribution < 1.29 is 14.3 Å². The van der Waals surface area contributed by atoms with Crippen LogP contribution in [0.25, 0.3) is 5.69 Å². The molecule has 1 aromatic carbocycles. The Balaban J connectivity index is 2.11. The van der Waals surface area contributed by atoms with E-state index in [2.05, 4.69) is 15.8 Å². The van der Waals surface area contributed by atoms with Crippen molar-refractivity contribution in [3.8, 4) is 5.69 Å². The van der Waals surface area contributed by atoms with Gasteiger partial charge in [0.2, 0.25) is 0 Å². The van der Waals surface area contributed by atoms with Crippen molar-refractivity contribution in [3.63, 3.8) is 0 Å². The van der Waals surface area contributed by atoms with Gasteiger partial charge in [-0.2, -0.15) is 5.10 Å². The molecule has 0 spiro atoms. The first kappa shape index (κ1) is 21.0. The van der Waals surface area contributed by atoms with Gasteiger partial charge in [-0.15, -0.1) is 0 Å².